The van der Waals surface area contributed by atoms with Crippen molar-refractivity contribution in [3.63, 3.8) is 0 Å². The summed E-state index contributed by atoms with van der Waals surface area (Å²) in [6.45, 7) is 4.69. The van der Waals surface area contributed by atoms with E-state index in [2.05, 4.69) is 11.9 Å². The maximum Gasteiger partial charge on any atom is 0.334 e. The Morgan fingerprint density at radius 3 is 2.41 bits per heavy atom. The molecule has 0 heterocycles. The zero-order chi connectivity index (χ0) is 12.8. The van der Waals surface area contributed by atoms with Crippen LogP contribution in [-0.2, 0) is 9.59 Å². The average Bonchev–Trinajstić information content (AvgIpc) is 2.26. The first kappa shape index (κ1) is 12.8. The van der Waals surface area contributed by atoms with Crippen LogP contribution in [-0.4, -0.2) is 23.6 Å². The summed E-state index contributed by atoms with van der Waals surface area (Å²) in [7, 11) is 0. The molecule has 1 aromatic rings. The van der Waals surface area contributed by atoms with Gasteiger partial charge in [0.15, 0.2) is 0 Å². The zero-order valence-electron chi connectivity index (χ0n) is 9.40. The molecule has 1 rings (SSSR count). The van der Waals surface area contributed by atoms with Crippen LogP contribution in [0.25, 0.3) is 0 Å². The van der Waals surface area contributed by atoms with Gasteiger partial charge in [0.05, 0.1) is 5.57 Å². The molecule has 17 heavy (non-hydrogen) atoms. The molecule has 90 valence electrons. The monoisotopic (exact) mass is 235 g/mol. The average molecular weight is 235 g/mol. The van der Waals surface area contributed by atoms with Crippen molar-refractivity contribution in [2.75, 3.05) is 11.9 Å². The van der Waals surface area contributed by atoms with Crippen LogP contribution in [0.2, 0.25) is 0 Å². The minimum Gasteiger partial charge on any atom is -0.489 e. The van der Waals surface area contributed by atoms with Crippen LogP contribution < -0.4 is 10.1 Å². The molecule has 1 aromatic carbocycles. The number of nitrogens with one attached hydrogen (secondary N) is 1. The molecule has 0 bridgehead atoms. The fourth-order valence-electron chi connectivity index (χ4n) is 1.07. The second-order valence-corrected chi connectivity index (χ2v) is 3.40. The third kappa shape index (κ3) is 4.38. The van der Waals surface area contributed by atoms with Gasteiger partial charge in [0.25, 0.3) is 0 Å². The van der Waals surface area contributed by atoms with Gasteiger partial charge < -0.3 is 15.2 Å². The van der Waals surface area contributed by atoms with Gasteiger partial charge in [0.2, 0.25) is 5.91 Å². The Balaban J connectivity index is 2.54. The molecule has 0 aliphatic carbocycles. The number of anilines is 1. The van der Waals surface area contributed by atoms with Crippen molar-refractivity contribution >= 4 is 17.6 Å². The van der Waals surface area contributed by atoms with E-state index in [1.54, 1.807) is 24.3 Å². The van der Waals surface area contributed by atoms with E-state index in [0.29, 0.717) is 11.4 Å². The van der Waals surface area contributed by atoms with Crippen LogP contribution in [0.1, 0.15) is 6.92 Å². The molecule has 0 saturated carbocycles. The molecule has 5 nitrogen and oxygen atoms in total. The molecule has 0 aromatic heterocycles. The molecule has 1 amide bonds. The summed E-state index contributed by atoms with van der Waals surface area (Å²) in [4.78, 5) is 21.2. The number of aliphatic carboxylic acids is 1. The van der Waals surface area contributed by atoms with Gasteiger partial charge in [-0.15, -0.1) is 0 Å². The second kappa shape index (κ2) is 5.69. The highest BCUT2D eigenvalue weighted by Crippen LogP contribution is 2.16. The van der Waals surface area contributed by atoms with Gasteiger partial charge in [-0.3, -0.25) is 4.79 Å². The summed E-state index contributed by atoms with van der Waals surface area (Å²) in [6, 6.07) is 6.61. The lowest BCUT2D eigenvalue weighted by Crippen LogP contribution is -2.09. The lowest BCUT2D eigenvalue weighted by atomic mass is 10.3. The molecule has 0 spiro atoms. The molecule has 0 unspecified atom stereocenters. The molecule has 0 aliphatic rings. The van der Waals surface area contributed by atoms with E-state index in [9.17, 15) is 9.59 Å². The number of hydrogen-bond donors (Lipinski definition) is 2. The molecule has 0 radical (unpaired) electrons. The number of amides is 1. The lowest BCUT2D eigenvalue weighted by Gasteiger charge is -2.07. The van der Waals surface area contributed by atoms with Crippen LogP contribution in [0, 0.1) is 0 Å². The zero-order valence-corrected chi connectivity index (χ0v) is 9.40. The molecule has 5 heteroatoms. The van der Waals surface area contributed by atoms with Crippen LogP contribution in [0.5, 0.6) is 5.75 Å². The van der Waals surface area contributed by atoms with E-state index in [1.165, 1.54) is 6.92 Å². The standard InChI is InChI=1S/C12H13NO4/c1-8(12(15)16)7-17-11-5-3-10(4-6-11)13-9(2)14/h3-6H,1,7H2,2H3,(H,13,14)(H,15,16). The van der Waals surface area contributed by atoms with Crippen LogP contribution in [0.4, 0.5) is 5.69 Å². The summed E-state index contributed by atoms with van der Waals surface area (Å²) in [6.07, 6.45) is 0. The Morgan fingerprint density at radius 2 is 1.94 bits per heavy atom. The fourth-order valence-corrected chi connectivity index (χ4v) is 1.07. The highest BCUT2D eigenvalue weighted by Gasteiger charge is 2.04. The maximum absolute atomic E-state index is 10.8. The number of carbonyl (C=O) groups excluding carboxylic acids is 1. The van der Waals surface area contributed by atoms with Gasteiger partial charge in [-0.25, -0.2) is 4.79 Å². The SMILES string of the molecule is C=C(COc1ccc(NC(C)=O)cc1)C(=O)O. The largest absolute Gasteiger partial charge is 0.489 e. The van der Waals surface area contributed by atoms with Gasteiger partial charge >= 0.3 is 5.97 Å². The Hall–Kier alpha value is -2.30. The predicted octanol–water partition coefficient (Wildman–Crippen LogP) is 1.66. The van der Waals surface area contributed by atoms with Crippen molar-refractivity contribution in [3.8, 4) is 5.75 Å². The third-order valence-corrected chi connectivity index (χ3v) is 1.89. The summed E-state index contributed by atoms with van der Waals surface area (Å²) in [5.41, 5.74) is 0.637. The Bertz CT molecular complexity index is 436. The molecular weight excluding hydrogens is 222 g/mol. The summed E-state index contributed by atoms with van der Waals surface area (Å²) < 4.78 is 5.20. The number of rotatable bonds is 5. The molecule has 0 saturated heterocycles. The molecule has 0 atom stereocenters. The molecular formula is C12H13NO4. The van der Waals surface area contributed by atoms with E-state index in [4.69, 9.17) is 9.84 Å². The Morgan fingerprint density at radius 1 is 1.35 bits per heavy atom. The topological polar surface area (TPSA) is 75.6 Å². The number of hydrogen-bond acceptors (Lipinski definition) is 3. The van der Waals surface area contributed by atoms with Crippen molar-refractivity contribution < 1.29 is 19.4 Å². The number of benzene rings is 1. The number of carbonyl (C=O) groups is 2. The minimum atomic E-state index is -1.08. The summed E-state index contributed by atoms with van der Waals surface area (Å²) >= 11 is 0. The van der Waals surface area contributed by atoms with Gasteiger partial charge in [0.1, 0.15) is 12.4 Å². The quantitative estimate of drug-likeness (QED) is 0.761. The fraction of sp³-hybridized carbons (Fsp3) is 0.167. The number of ether oxygens (including phenoxy) is 1. The third-order valence-electron chi connectivity index (χ3n) is 1.89. The van der Waals surface area contributed by atoms with Crippen LogP contribution in [0.15, 0.2) is 36.4 Å². The summed E-state index contributed by atoms with van der Waals surface area (Å²) in [5, 5.41) is 11.2. The van der Waals surface area contributed by atoms with Crippen molar-refractivity contribution in [2.24, 2.45) is 0 Å². The van der Waals surface area contributed by atoms with Crippen LogP contribution in [0.3, 0.4) is 0 Å². The Kier molecular flexibility index (Phi) is 4.28. The van der Waals surface area contributed by atoms with Crippen LogP contribution >= 0.6 is 0 Å². The van der Waals surface area contributed by atoms with E-state index >= 15 is 0 Å². The highest BCUT2D eigenvalue weighted by molar-refractivity contribution is 5.88. The predicted molar refractivity (Wildman–Crippen MR) is 63.0 cm³/mol. The van der Waals surface area contributed by atoms with E-state index in [1.807, 2.05) is 0 Å². The van der Waals surface area contributed by atoms with E-state index in [0.717, 1.165) is 0 Å². The second-order valence-electron chi connectivity index (χ2n) is 3.40. The van der Waals surface area contributed by atoms with E-state index in [-0.39, 0.29) is 18.1 Å². The lowest BCUT2D eigenvalue weighted by molar-refractivity contribution is -0.133. The highest BCUT2D eigenvalue weighted by atomic mass is 16.5. The van der Waals surface area contributed by atoms with Gasteiger partial charge in [-0.1, -0.05) is 6.58 Å². The summed E-state index contributed by atoms with van der Waals surface area (Å²) in [5.74, 6) is -0.723. The first-order valence-electron chi connectivity index (χ1n) is 4.90. The van der Waals surface area contributed by atoms with Crippen molar-refractivity contribution in [1.29, 1.82) is 0 Å². The molecule has 0 aliphatic heterocycles. The maximum atomic E-state index is 10.8. The van der Waals surface area contributed by atoms with Gasteiger partial charge in [0, 0.05) is 12.6 Å². The first-order chi connectivity index (χ1) is 7.99. The Labute approximate surface area is 98.7 Å². The normalized spacial score (nSPS) is 9.47. The number of carboxylic acid groups (broad SMARTS) is 1. The first-order valence-corrected chi connectivity index (χ1v) is 4.90. The van der Waals surface area contributed by atoms with Gasteiger partial charge in [-0.05, 0) is 24.3 Å². The number of carboxylic acids is 1. The van der Waals surface area contributed by atoms with Crippen molar-refractivity contribution in [1.82, 2.24) is 0 Å². The minimum absolute atomic E-state index is 0.0177. The van der Waals surface area contributed by atoms with Crippen molar-refractivity contribution in [3.05, 3.63) is 36.4 Å². The smallest absolute Gasteiger partial charge is 0.334 e. The molecule has 2 N–H and O–H groups in total. The molecule has 0 fully saturated rings. The van der Waals surface area contributed by atoms with Crippen molar-refractivity contribution in [2.45, 2.75) is 6.92 Å². The van der Waals surface area contributed by atoms with Gasteiger partial charge in [-0.2, -0.15) is 0 Å². The van der Waals surface area contributed by atoms with E-state index < -0.39 is 5.97 Å².